The zero-order valence-electron chi connectivity index (χ0n) is 16.7. The predicted molar refractivity (Wildman–Crippen MR) is 112 cm³/mol. The standard InChI is InChI=1S/C22H27FN4O/c1-24-22(26(2)16-18-8-11-21(28-3)20(23)14-18)25-15-17-6-9-19(10-7-17)27-12-4-5-13-27/h4-11,14H,12-13,15-16H2,1-3H3,(H,24,25). The molecule has 28 heavy (non-hydrogen) atoms. The molecular formula is C22H27FN4O. The number of aliphatic imine (C=N–C) groups is 1. The van der Waals surface area contributed by atoms with Crippen LogP contribution in [0, 0.1) is 5.82 Å². The van der Waals surface area contributed by atoms with Gasteiger partial charge in [-0.25, -0.2) is 4.39 Å². The molecule has 1 N–H and O–H groups in total. The zero-order chi connectivity index (χ0) is 19.9. The van der Waals surface area contributed by atoms with Crippen molar-refractivity contribution in [3.63, 3.8) is 0 Å². The largest absolute Gasteiger partial charge is 0.494 e. The molecule has 5 nitrogen and oxygen atoms in total. The van der Waals surface area contributed by atoms with Crippen LogP contribution in [0.4, 0.5) is 10.1 Å². The van der Waals surface area contributed by atoms with E-state index in [-0.39, 0.29) is 11.6 Å². The summed E-state index contributed by atoms with van der Waals surface area (Å²) in [6, 6.07) is 13.6. The van der Waals surface area contributed by atoms with E-state index in [1.54, 1.807) is 13.1 Å². The first-order valence-corrected chi connectivity index (χ1v) is 9.34. The number of nitrogens with zero attached hydrogens (tertiary/aromatic N) is 3. The maximum Gasteiger partial charge on any atom is 0.193 e. The van der Waals surface area contributed by atoms with Crippen molar-refractivity contribution in [2.24, 2.45) is 4.99 Å². The number of ether oxygens (including phenoxy) is 1. The molecular weight excluding hydrogens is 355 g/mol. The third kappa shape index (κ3) is 4.82. The van der Waals surface area contributed by atoms with Crippen molar-refractivity contribution in [2.75, 3.05) is 39.2 Å². The molecule has 2 aromatic carbocycles. The molecule has 0 aliphatic carbocycles. The van der Waals surface area contributed by atoms with Gasteiger partial charge in [0.25, 0.3) is 0 Å². The summed E-state index contributed by atoms with van der Waals surface area (Å²) in [6.45, 7) is 3.16. The molecule has 0 unspecified atom stereocenters. The number of methoxy groups -OCH3 is 1. The molecule has 1 heterocycles. The van der Waals surface area contributed by atoms with Crippen LogP contribution in [0.3, 0.4) is 0 Å². The van der Waals surface area contributed by atoms with E-state index < -0.39 is 0 Å². The fourth-order valence-corrected chi connectivity index (χ4v) is 3.24. The van der Waals surface area contributed by atoms with Gasteiger partial charge < -0.3 is 19.9 Å². The van der Waals surface area contributed by atoms with E-state index in [0.29, 0.717) is 13.1 Å². The Kier molecular flexibility index (Phi) is 6.53. The number of nitrogens with one attached hydrogen (secondary N) is 1. The molecule has 3 rings (SSSR count). The Balaban J connectivity index is 1.55. The molecule has 0 fully saturated rings. The van der Waals surface area contributed by atoms with Crippen LogP contribution < -0.4 is 15.0 Å². The zero-order valence-corrected chi connectivity index (χ0v) is 16.7. The second kappa shape index (κ2) is 9.26. The Morgan fingerprint density at radius 1 is 1.14 bits per heavy atom. The number of rotatable bonds is 6. The van der Waals surface area contributed by atoms with Crippen LogP contribution in [0.2, 0.25) is 0 Å². The Hall–Kier alpha value is -3.02. The van der Waals surface area contributed by atoms with Crippen molar-refractivity contribution >= 4 is 11.6 Å². The SMILES string of the molecule is CN=C(NCc1ccc(N2CC=CC2)cc1)N(C)Cc1ccc(OC)c(F)c1. The minimum atomic E-state index is -0.357. The van der Waals surface area contributed by atoms with E-state index in [0.717, 1.165) is 24.6 Å². The Morgan fingerprint density at radius 2 is 1.82 bits per heavy atom. The molecule has 0 saturated carbocycles. The third-order valence-corrected chi connectivity index (χ3v) is 4.78. The van der Waals surface area contributed by atoms with E-state index in [4.69, 9.17) is 4.74 Å². The van der Waals surface area contributed by atoms with E-state index in [1.807, 2.05) is 18.0 Å². The van der Waals surface area contributed by atoms with E-state index in [2.05, 4.69) is 51.6 Å². The van der Waals surface area contributed by atoms with Gasteiger partial charge in [-0.3, -0.25) is 4.99 Å². The Bertz CT molecular complexity index is 840. The minimum absolute atomic E-state index is 0.252. The first-order chi connectivity index (χ1) is 13.6. The van der Waals surface area contributed by atoms with Gasteiger partial charge in [0.2, 0.25) is 0 Å². The molecule has 0 aromatic heterocycles. The van der Waals surface area contributed by atoms with Gasteiger partial charge >= 0.3 is 0 Å². The van der Waals surface area contributed by atoms with Gasteiger partial charge in [0.05, 0.1) is 7.11 Å². The van der Waals surface area contributed by atoms with Crippen molar-refractivity contribution in [3.05, 3.63) is 71.6 Å². The monoisotopic (exact) mass is 382 g/mol. The first-order valence-electron chi connectivity index (χ1n) is 9.34. The highest BCUT2D eigenvalue weighted by Gasteiger charge is 2.10. The molecule has 0 atom stereocenters. The lowest BCUT2D eigenvalue weighted by Crippen LogP contribution is -2.38. The molecule has 0 spiro atoms. The van der Waals surface area contributed by atoms with Gasteiger partial charge in [-0.2, -0.15) is 0 Å². The van der Waals surface area contributed by atoms with Gasteiger partial charge in [0.1, 0.15) is 0 Å². The molecule has 148 valence electrons. The number of halogens is 1. The average Bonchev–Trinajstić information content (AvgIpc) is 3.24. The summed E-state index contributed by atoms with van der Waals surface area (Å²) in [5.41, 5.74) is 3.27. The average molecular weight is 382 g/mol. The van der Waals surface area contributed by atoms with Crippen LogP contribution in [-0.2, 0) is 13.1 Å². The smallest absolute Gasteiger partial charge is 0.193 e. The number of benzene rings is 2. The van der Waals surface area contributed by atoms with Gasteiger partial charge in [-0.15, -0.1) is 0 Å². The van der Waals surface area contributed by atoms with Crippen molar-refractivity contribution in [3.8, 4) is 5.75 Å². The summed E-state index contributed by atoms with van der Waals surface area (Å²) >= 11 is 0. The third-order valence-electron chi connectivity index (χ3n) is 4.78. The molecule has 0 bridgehead atoms. The predicted octanol–water partition coefficient (Wildman–Crippen LogP) is 3.42. The molecule has 0 radical (unpaired) electrons. The van der Waals surface area contributed by atoms with Gasteiger partial charge in [0.15, 0.2) is 17.5 Å². The topological polar surface area (TPSA) is 40.1 Å². The van der Waals surface area contributed by atoms with Gasteiger partial charge in [0, 0.05) is 46.0 Å². The van der Waals surface area contributed by atoms with E-state index in [1.165, 1.54) is 24.4 Å². The van der Waals surface area contributed by atoms with E-state index in [9.17, 15) is 4.39 Å². The molecule has 0 saturated heterocycles. The highest BCUT2D eigenvalue weighted by Crippen LogP contribution is 2.19. The number of guanidine groups is 1. The number of hydrogen-bond acceptors (Lipinski definition) is 3. The van der Waals surface area contributed by atoms with Gasteiger partial charge in [-0.1, -0.05) is 30.4 Å². The Morgan fingerprint density at radius 3 is 2.43 bits per heavy atom. The summed E-state index contributed by atoms with van der Waals surface area (Å²) in [5, 5.41) is 3.36. The quantitative estimate of drug-likeness (QED) is 0.472. The second-order valence-corrected chi connectivity index (χ2v) is 6.77. The summed E-state index contributed by atoms with van der Waals surface area (Å²) < 4.78 is 18.9. The summed E-state index contributed by atoms with van der Waals surface area (Å²) in [6.07, 6.45) is 4.37. The molecule has 6 heteroatoms. The highest BCUT2D eigenvalue weighted by atomic mass is 19.1. The minimum Gasteiger partial charge on any atom is -0.494 e. The fourth-order valence-electron chi connectivity index (χ4n) is 3.24. The summed E-state index contributed by atoms with van der Waals surface area (Å²) in [7, 11) is 5.14. The highest BCUT2D eigenvalue weighted by molar-refractivity contribution is 5.79. The Labute approximate surface area is 166 Å². The lowest BCUT2D eigenvalue weighted by atomic mass is 10.2. The van der Waals surface area contributed by atoms with Crippen LogP contribution in [0.5, 0.6) is 5.75 Å². The molecule has 1 aliphatic rings. The second-order valence-electron chi connectivity index (χ2n) is 6.77. The summed E-state index contributed by atoms with van der Waals surface area (Å²) in [4.78, 5) is 8.61. The normalized spacial score (nSPS) is 13.7. The first kappa shape index (κ1) is 19.7. The lowest BCUT2D eigenvalue weighted by molar-refractivity contribution is 0.385. The maximum atomic E-state index is 13.9. The van der Waals surface area contributed by atoms with Crippen LogP contribution >= 0.6 is 0 Å². The van der Waals surface area contributed by atoms with Crippen molar-refractivity contribution < 1.29 is 9.13 Å². The number of hydrogen-bond donors (Lipinski definition) is 1. The van der Waals surface area contributed by atoms with Crippen molar-refractivity contribution in [2.45, 2.75) is 13.1 Å². The van der Waals surface area contributed by atoms with E-state index >= 15 is 0 Å². The van der Waals surface area contributed by atoms with Gasteiger partial charge in [-0.05, 0) is 35.4 Å². The van der Waals surface area contributed by atoms with Crippen molar-refractivity contribution in [1.82, 2.24) is 10.2 Å². The van der Waals surface area contributed by atoms with Crippen LogP contribution in [0.25, 0.3) is 0 Å². The van der Waals surface area contributed by atoms with Crippen LogP contribution in [-0.4, -0.2) is 45.2 Å². The lowest BCUT2D eigenvalue weighted by Gasteiger charge is -2.23. The summed E-state index contributed by atoms with van der Waals surface area (Å²) in [5.74, 6) is 0.649. The maximum absolute atomic E-state index is 13.9. The fraction of sp³-hybridized carbons (Fsp3) is 0.318. The molecule has 2 aromatic rings. The molecule has 0 amide bonds. The van der Waals surface area contributed by atoms with Crippen LogP contribution in [0.15, 0.2) is 59.6 Å². The van der Waals surface area contributed by atoms with Crippen molar-refractivity contribution in [1.29, 1.82) is 0 Å². The van der Waals surface area contributed by atoms with Crippen LogP contribution in [0.1, 0.15) is 11.1 Å². The molecule has 1 aliphatic heterocycles. The number of anilines is 1.